The molecular weight excluding hydrogens is 228 g/mol. The number of ketones is 1. The number of hydrogen-bond acceptors (Lipinski definition) is 2. The number of carboxylic acids is 1. The Balaban J connectivity index is 3.01. The van der Waals surface area contributed by atoms with Gasteiger partial charge in [0.15, 0.2) is 0 Å². The van der Waals surface area contributed by atoms with Crippen LogP contribution in [-0.4, -0.2) is 16.9 Å². The Hall–Kier alpha value is -1.64. The second-order valence-electron chi connectivity index (χ2n) is 4.99. The molecule has 98 valence electrons. The van der Waals surface area contributed by atoms with E-state index in [0.717, 1.165) is 16.7 Å². The molecule has 18 heavy (non-hydrogen) atoms. The van der Waals surface area contributed by atoms with Gasteiger partial charge in [-0.05, 0) is 50.8 Å². The molecule has 0 heterocycles. The van der Waals surface area contributed by atoms with Gasteiger partial charge in [0.25, 0.3) is 0 Å². The van der Waals surface area contributed by atoms with Crippen molar-refractivity contribution in [1.29, 1.82) is 0 Å². The van der Waals surface area contributed by atoms with Crippen LogP contribution in [0.1, 0.15) is 35.6 Å². The first kappa shape index (κ1) is 14.4. The van der Waals surface area contributed by atoms with Crippen molar-refractivity contribution in [2.75, 3.05) is 0 Å². The maximum absolute atomic E-state index is 11.5. The highest BCUT2D eigenvalue weighted by atomic mass is 16.4. The molecule has 0 fully saturated rings. The summed E-state index contributed by atoms with van der Waals surface area (Å²) in [6.45, 7) is 7.51. The van der Waals surface area contributed by atoms with E-state index in [9.17, 15) is 9.59 Å². The Kier molecular flexibility index (Phi) is 4.65. The Morgan fingerprint density at radius 1 is 1.17 bits per heavy atom. The van der Waals surface area contributed by atoms with E-state index < -0.39 is 11.9 Å². The summed E-state index contributed by atoms with van der Waals surface area (Å²) in [4.78, 5) is 22.3. The lowest BCUT2D eigenvalue weighted by Crippen LogP contribution is -2.19. The van der Waals surface area contributed by atoms with E-state index in [4.69, 9.17) is 5.11 Å². The van der Waals surface area contributed by atoms with E-state index in [0.29, 0.717) is 6.42 Å². The van der Waals surface area contributed by atoms with Crippen LogP contribution >= 0.6 is 0 Å². The van der Waals surface area contributed by atoms with Crippen LogP contribution in [-0.2, 0) is 16.0 Å². The number of carboxylic acid groups (broad SMARTS) is 1. The highest BCUT2D eigenvalue weighted by Crippen LogP contribution is 2.22. The third-order valence-electron chi connectivity index (χ3n) is 3.29. The smallest absolute Gasteiger partial charge is 0.304 e. The van der Waals surface area contributed by atoms with Crippen LogP contribution in [0.25, 0.3) is 0 Å². The molecule has 0 amide bonds. The largest absolute Gasteiger partial charge is 0.481 e. The van der Waals surface area contributed by atoms with Crippen molar-refractivity contribution in [3.05, 3.63) is 34.4 Å². The van der Waals surface area contributed by atoms with E-state index in [2.05, 4.69) is 12.1 Å². The first-order valence-electron chi connectivity index (χ1n) is 6.10. The molecule has 1 N–H and O–H groups in total. The summed E-state index contributed by atoms with van der Waals surface area (Å²) in [6, 6.07) is 4.14. The molecule has 3 heteroatoms. The van der Waals surface area contributed by atoms with E-state index in [1.54, 1.807) is 0 Å². The highest BCUT2D eigenvalue weighted by molar-refractivity contribution is 5.83. The third kappa shape index (κ3) is 3.69. The number of aliphatic carboxylic acids is 1. The van der Waals surface area contributed by atoms with Crippen LogP contribution in [0.3, 0.4) is 0 Å². The standard InChI is InChI=1S/C15H20O3/c1-9-5-10(2)14(11(3)6-9)7-13(12(4)16)8-15(17)18/h5-6,13H,7-8H2,1-4H3,(H,17,18). The first-order valence-corrected chi connectivity index (χ1v) is 6.10. The van der Waals surface area contributed by atoms with Crippen LogP contribution in [0.5, 0.6) is 0 Å². The molecule has 0 aliphatic heterocycles. The van der Waals surface area contributed by atoms with Gasteiger partial charge in [-0.25, -0.2) is 0 Å². The molecule has 0 aromatic heterocycles. The first-order chi connectivity index (χ1) is 8.31. The Morgan fingerprint density at radius 3 is 2.06 bits per heavy atom. The van der Waals surface area contributed by atoms with Crippen molar-refractivity contribution in [3.8, 4) is 0 Å². The summed E-state index contributed by atoms with van der Waals surface area (Å²) < 4.78 is 0. The van der Waals surface area contributed by atoms with Gasteiger partial charge in [0.1, 0.15) is 5.78 Å². The van der Waals surface area contributed by atoms with Gasteiger partial charge in [-0.1, -0.05) is 17.7 Å². The number of carbonyl (C=O) groups is 2. The molecule has 0 saturated carbocycles. The Morgan fingerprint density at radius 2 is 1.67 bits per heavy atom. The second kappa shape index (κ2) is 5.80. The maximum atomic E-state index is 11.5. The minimum Gasteiger partial charge on any atom is -0.481 e. The molecule has 0 saturated heterocycles. The van der Waals surface area contributed by atoms with E-state index in [-0.39, 0.29) is 12.2 Å². The predicted molar refractivity (Wildman–Crippen MR) is 70.8 cm³/mol. The lowest BCUT2D eigenvalue weighted by atomic mass is 9.88. The number of benzene rings is 1. The van der Waals surface area contributed by atoms with Crippen LogP contribution in [0.2, 0.25) is 0 Å². The zero-order chi connectivity index (χ0) is 13.9. The number of hydrogen-bond donors (Lipinski definition) is 1. The second-order valence-corrected chi connectivity index (χ2v) is 4.99. The average Bonchev–Trinajstić information content (AvgIpc) is 2.20. The van der Waals surface area contributed by atoms with Crippen molar-refractivity contribution in [2.24, 2.45) is 5.92 Å². The van der Waals surface area contributed by atoms with Gasteiger partial charge in [-0.15, -0.1) is 0 Å². The molecule has 0 bridgehead atoms. The van der Waals surface area contributed by atoms with Crippen molar-refractivity contribution < 1.29 is 14.7 Å². The van der Waals surface area contributed by atoms with Gasteiger partial charge < -0.3 is 5.11 Å². The molecule has 1 aromatic rings. The fraction of sp³-hybridized carbons (Fsp3) is 0.467. The van der Waals surface area contributed by atoms with Gasteiger partial charge in [0.2, 0.25) is 0 Å². The minimum atomic E-state index is -0.919. The molecule has 3 nitrogen and oxygen atoms in total. The Labute approximate surface area is 108 Å². The third-order valence-corrected chi connectivity index (χ3v) is 3.29. The molecule has 1 rings (SSSR count). The summed E-state index contributed by atoms with van der Waals surface area (Å²) in [5, 5.41) is 8.84. The minimum absolute atomic E-state index is 0.0585. The van der Waals surface area contributed by atoms with E-state index in [1.807, 2.05) is 20.8 Å². The number of rotatable bonds is 5. The van der Waals surface area contributed by atoms with Gasteiger partial charge in [-0.3, -0.25) is 9.59 Å². The quantitative estimate of drug-likeness (QED) is 0.871. The molecule has 1 atom stereocenters. The lowest BCUT2D eigenvalue weighted by Gasteiger charge is -2.16. The summed E-state index contributed by atoms with van der Waals surface area (Å²) in [6.07, 6.45) is 0.418. The summed E-state index contributed by atoms with van der Waals surface area (Å²) in [7, 11) is 0. The van der Waals surface area contributed by atoms with Crippen LogP contribution in [0, 0.1) is 26.7 Å². The van der Waals surface area contributed by atoms with Gasteiger partial charge in [0, 0.05) is 5.92 Å². The topological polar surface area (TPSA) is 54.4 Å². The molecule has 0 aliphatic rings. The van der Waals surface area contributed by atoms with Crippen molar-refractivity contribution in [2.45, 2.75) is 40.5 Å². The maximum Gasteiger partial charge on any atom is 0.304 e. The zero-order valence-corrected chi connectivity index (χ0v) is 11.4. The van der Waals surface area contributed by atoms with E-state index >= 15 is 0 Å². The zero-order valence-electron chi connectivity index (χ0n) is 11.4. The fourth-order valence-corrected chi connectivity index (χ4v) is 2.35. The molecule has 1 aromatic carbocycles. The summed E-state index contributed by atoms with van der Waals surface area (Å²) >= 11 is 0. The predicted octanol–water partition coefficient (Wildman–Crippen LogP) is 2.83. The van der Waals surface area contributed by atoms with Crippen molar-refractivity contribution >= 4 is 11.8 Å². The van der Waals surface area contributed by atoms with Crippen LogP contribution in [0.15, 0.2) is 12.1 Å². The number of Topliss-reactive ketones (excluding diaryl/α,β-unsaturated/α-hetero) is 1. The SMILES string of the molecule is CC(=O)C(CC(=O)O)Cc1c(C)cc(C)cc1C. The van der Waals surface area contributed by atoms with Crippen LogP contribution < -0.4 is 0 Å². The van der Waals surface area contributed by atoms with Gasteiger partial charge in [-0.2, -0.15) is 0 Å². The molecule has 0 radical (unpaired) electrons. The molecule has 0 aliphatic carbocycles. The van der Waals surface area contributed by atoms with Gasteiger partial charge in [0.05, 0.1) is 6.42 Å². The van der Waals surface area contributed by atoms with Crippen LogP contribution in [0.4, 0.5) is 0 Å². The fourth-order valence-electron chi connectivity index (χ4n) is 2.35. The number of aryl methyl sites for hydroxylation is 3. The normalized spacial score (nSPS) is 12.2. The Bertz CT molecular complexity index is 452. The molecule has 0 spiro atoms. The number of carbonyl (C=O) groups excluding carboxylic acids is 1. The molecular formula is C15H20O3. The van der Waals surface area contributed by atoms with Crippen molar-refractivity contribution in [1.82, 2.24) is 0 Å². The van der Waals surface area contributed by atoms with Crippen molar-refractivity contribution in [3.63, 3.8) is 0 Å². The van der Waals surface area contributed by atoms with Gasteiger partial charge >= 0.3 is 5.97 Å². The van der Waals surface area contributed by atoms with E-state index in [1.165, 1.54) is 12.5 Å². The lowest BCUT2D eigenvalue weighted by molar-refractivity contribution is -0.140. The summed E-state index contributed by atoms with van der Waals surface area (Å²) in [5.41, 5.74) is 4.54. The monoisotopic (exact) mass is 248 g/mol. The molecule has 1 unspecified atom stereocenters. The average molecular weight is 248 g/mol. The highest BCUT2D eigenvalue weighted by Gasteiger charge is 2.20. The summed E-state index contributed by atoms with van der Waals surface area (Å²) in [5.74, 6) is -1.41.